The van der Waals surface area contributed by atoms with E-state index in [2.05, 4.69) is 9.97 Å². The second kappa shape index (κ2) is 1.95. The van der Waals surface area contributed by atoms with Gasteiger partial charge in [0, 0.05) is 19.3 Å². The summed E-state index contributed by atoms with van der Waals surface area (Å²) in [5.74, 6) is 0. The van der Waals surface area contributed by atoms with E-state index in [1.165, 1.54) is 6.07 Å². The molecule has 0 aromatic carbocycles. The van der Waals surface area contributed by atoms with Gasteiger partial charge in [0.2, 0.25) is 5.56 Å². The van der Waals surface area contributed by atoms with Crippen molar-refractivity contribution in [1.82, 2.24) is 14.5 Å². The zero-order chi connectivity index (χ0) is 7.84. The average Bonchev–Trinajstić information content (AvgIpc) is 2.33. The molecule has 0 amide bonds. The molecule has 0 unspecified atom stereocenters. The Morgan fingerprint density at radius 3 is 3.27 bits per heavy atom. The molecule has 4 nitrogen and oxygen atoms in total. The molecule has 2 aromatic heterocycles. The molecule has 0 atom stereocenters. The summed E-state index contributed by atoms with van der Waals surface area (Å²) < 4.78 is 1.81. The Balaban J connectivity index is 2.98. The van der Waals surface area contributed by atoms with E-state index < -0.39 is 0 Å². The van der Waals surface area contributed by atoms with Crippen molar-refractivity contribution in [3.05, 3.63) is 28.9 Å². The molecule has 0 saturated heterocycles. The fraction of sp³-hybridized carbons (Fsp3) is 0.143. The number of hydrogen-bond acceptors (Lipinski definition) is 2. The highest BCUT2D eigenvalue weighted by molar-refractivity contribution is 5.73. The minimum absolute atomic E-state index is 0.0962. The second-order valence-corrected chi connectivity index (χ2v) is 2.42. The van der Waals surface area contributed by atoms with Gasteiger partial charge in [0.25, 0.3) is 0 Å². The third-order valence-electron chi connectivity index (χ3n) is 1.63. The van der Waals surface area contributed by atoms with E-state index in [0.29, 0.717) is 0 Å². The van der Waals surface area contributed by atoms with Crippen LogP contribution in [0.25, 0.3) is 11.0 Å². The molecular formula is C7H7N3O. The Bertz CT molecular complexity index is 440. The van der Waals surface area contributed by atoms with Crippen molar-refractivity contribution in [3.8, 4) is 0 Å². The van der Waals surface area contributed by atoms with Crippen LogP contribution in [0.1, 0.15) is 0 Å². The van der Waals surface area contributed by atoms with Crippen molar-refractivity contribution in [2.75, 3.05) is 0 Å². The maximum atomic E-state index is 10.8. The molecule has 2 aromatic rings. The van der Waals surface area contributed by atoms with E-state index in [-0.39, 0.29) is 5.56 Å². The van der Waals surface area contributed by atoms with E-state index >= 15 is 0 Å². The van der Waals surface area contributed by atoms with Crippen LogP contribution in [0.4, 0.5) is 0 Å². The summed E-state index contributed by atoms with van der Waals surface area (Å²) in [6.45, 7) is 0. The van der Waals surface area contributed by atoms with Gasteiger partial charge in [0.1, 0.15) is 5.52 Å². The van der Waals surface area contributed by atoms with Gasteiger partial charge < -0.3 is 9.55 Å². The predicted molar refractivity (Wildman–Crippen MR) is 41.3 cm³/mol. The number of aromatic nitrogens is 3. The second-order valence-electron chi connectivity index (χ2n) is 2.42. The van der Waals surface area contributed by atoms with Crippen LogP contribution in [0.15, 0.2) is 23.4 Å². The lowest BCUT2D eigenvalue weighted by Crippen LogP contribution is -2.02. The fourth-order valence-electron chi connectivity index (χ4n) is 1.05. The van der Waals surface area contributed by atoms with Crippen LogP contribution in [-0.4, -0.2) is 14.5 Å². The Labute approximate surface area is 62.5 Å². The highest BCUT2D eigenvalue weighted by Gasteiger charge is 1.97. The van der Waals surface area contributed by atoms with Gasteiger partial charge in [-0.15, -0.1) is 0 Å². The first-order chi connectivity index (χ1) is 5.27. The molecule has 0 fully saturated rings. The lowest BCUT2D eigenvalue weighted by Gasteiger charge is -1.90. The molecule has 1 N–H and O–H groups in total. The third kappa shape index (κ3) is 0.832. The topological polar surface area (TPSA) is 50.7 Å². The van der Waals surface area contributed by atoms with E-state index in [1.54, 1.807) is 12.5 Å². The first-order valence-corrected chi connectivity index (χ1v) is 3.27. The molecule has 0 bridgehead atoms. The van der Waals surface area contributed by atoms with Crippen molar-refractivity contribution in [2.45, 2.75) is 0 Å². The van der Waals surface area contributed by atoms with E-state index in [4.69, 9.17) is 0 Å². The van der Waals surface area contributed by atoms with Crippen molar-refractivity contribution in [3.63, 3.8) is 0 Å². The first-order valence-electron chi connectivity index (χ1n) is 3.27. The Hall–Kier alpha value is -1.58. The fourth-order valence-corrected chi connectivity index (χ4v) is 1.05. The summed E-state index contributed by atoms with van der Waals surface area (Å²) >= 11 is 0. The van der Waals surface area contributed by atoms with Crippen molar-refractivity contribution in [1.29, 1.82) is 0 Å². The summed E-state index contributed by atoms with van der Waals surface area (Å²) in [5.41, 5.74) is 1.57. The normalized spacial score (nSPS) is 10.6. The SMILES string of the molecule is Cn1cnc2c[nH]c(=O)cc21. The highest BCUT2D eigenvalue weighted by atomic mass is 16.1. The van der Waals surface area contributed by atoms with E-state index in [9.17, 15) is 4.79 Å². The van der Waals surface area contributed by atoms with E-state index in [1.807, 2.05) is 11.6 Å². The Morgan fingerprint density at radius 1 is 1.64 bits per heavy atom. The van der Waals surface area contributed by atoms with Crippen molar-refractivity contribution in [2.24, 2.45) is 7.05 Å². The summed E-state index contributed by atoms with van der Waals surface area (Å²) in [6.07, 6.45) is 3.29. The number of fused-ring (bicyclic) bond motifs is 1. The quantitative estimate of drug-likeness (QED) is 0.584. The highest BCUT2D eigenvalue weighted by Crippen LogP contribution is 2.04. The average molecular weight is 149 g/mol. The number of hydrogen-bond donors (Lipinski definition) is 1. The van der Waals surface area contributed by atoms with Crippen LogP contribution in [0, 0.1) is 0 Å². The number of nitrogens with one attached hydrogen (secondary N) is 1. The van der Waals surface area contributed by atoms with Crippen LogP contribution in [0.2, 0.25) is 0 Å². The number of imidazole rings is 1. The minimum Gasteiger partial charge on any atom is -0.334 e. The molecule has 2 rings (SSSR count). The molecule has 11 heavy (non-hydrogen) atoms. The van der Waals surface area contributed by atoms with Gasteiger partial charge in [0.05, 0.1) is 11.8 Å². The first kappa shape index (κ1) is 6.15. The zero-order valence-electron chi connectivity index (χ0n) is 6.03. The van der Waals surface area contributed by atoms with Crippen LogP contribution >= 0.6 is 0 Å². The van der Waals surface area contributed by atoms with Gasteiger partial charge >= 0.3 is 0 Å². The van der Waals surface area contributed by atoms with Gasteiger partial charge in [0.15, 0.2) is 0 Å². The Morgan fingerprint density at radius 2 is 2.45 bits per heavy atom. The van der Waals surface area contributed by atoms with Gasteiger partial charge in [-0.2, -0.15) is 0 Å². The largest absolute Gasteiger partial charge is 0.334 e. The monoisotopic (exact) mass is 149 g/mol. The minimum atomic E-state index is -0.0962. The van der Waals surface area contributed by atoms with Crippen LogP contribution in [0.5, 0.6) is 0 Å². The molecule has 0 aliphatic heterocycles. The van der Waals surface area contributed by atoms with Crippen LogP contribution < -0.4 is 5.56 Å². The standard InChI is InChI=1S/C7H7N3O/c1-10-4-9-5-3-8-7(11)2-6(5)10/h2-4H,1H3,(H,8,11). The zero-order valence-corrected chi connectivity index (χ0v) is 6.03. The molecular weight excluding hydrogens is 142 g/mol. The molecule has 0 aliphatic rings. The smallest absolute Gasteiger partial charge is 0.250 e. The third-order valence-corrected chi connectivity index (χ3v) is 1.63. The molecule has 4 heteroatoms. The van der Waals surface area contributed by atoms with Crippen molar-refractivity contribution < 1.29 is 0 Å². The van der Waals surface area contributed by atoms with Gasteiger partial charge in [-0.3, -0.25) is 4.79 Å². The number of nitrogens with zero attached hydrogens (tertiary/aromatic N) is 2. The van der Waals surface area contributed by atoms with Crippen LogP contribution in [-0.2, 0) is 7.05 Å². The molecule has 0 aliphatic carbocycles. The van der Waals surface area contributed by atoms with Gasteiger partial charge in [-0.25, -0.2) is 4.98 Å². The molecule has 0 radical (unpaired) electrons. The van der Waals surface area contributed by atoms with Gasteiger partial charge in [-0.05, 0) is 0 Å². The lowest BCUT2D eigenvalue weighted by molar-refractivity contribution is 0.946. The summed E-state index contributed by atoms with van der Waals surface area (Å²) in [7, 11) is 1.86. The number of aromatic amines is 1. The predicted octanol–water partition coefficient (Wildman–Crippen LogP) is 0.262. The Kier molecular flexibility index (Phi) is 1.09. The van der Waals surface area contributed by atoms with Crippen LogP contribution in [0.3, 0.4) is 0 Å². The number of rotatable bonds is 0. The number of aryl methyl sites for hydroxylation is 1. The summed E-state index contributed by atoms with van der Waals surface area (Å²) in [5, 5.41) is 0. The summed E-state index contributed by atoms with van der Waals surface area (Å²) in [6, 6.07) is 1.53. The molecule has 0 spiro atoms. The van der Waals surface area contributed by atoms with E-state index in [0.717, 1.165) is 11.0 Å². The summed E-state index contributed by atoms with van der Waals surface area (Å²) in [4.78, 5) is 17.4. The maximum Gasteiger partial charge on any atom is 0.250 e. The number of pyridine rings is 1. The molecule has 0 saturated carbocycles. The molecule has 56 valence electrons. The lowest BCUT2D eigenvalue weighted by atomic mass is 10.4. The van der Waals surface area contributed by atoms with Gasteiger partial charge in [-0.1, -0.05) is 0 Å². The van der Waals surface area contributed by atoms with Crippen molar-refractivity contribution >= 4 is 11.0 Å². The maximum absolute atomic E-state index is 10.8. The number of H-pyrrole nitrogens is 1. The molecule has 2 heterocycles.